The van der Waals surface area contributed by atoms with Crippen LogP contribution in [0.25, 0.3) is 0 Å². The Kier molecular flexibility index (Phi) is 4.49. The van der Waals surface area contributed by atoms with Crippen LogP contribution in [0.4, 0.5) is 10.2 Å². The predicted molar refractivity (Wildman–Crippen MR) is 79.1 cm³/mol. The number of pyridine rings is 1. The summed E-state index contributed by atoms with van der Waals surface area (Å²) in [5.41, 5.74) is 4.82. The molecular weight excluding hydrogens is 271 g/mol. The second-order valence-electron chi connectivity index (χ2n) is 4.80. The topological polar surface area (TPSA) is 80.0 Å². The average Bonchev–Trinajstić information content (AvgIpc) is 2.50. The molecule has 1 aromatic carbocycles. The summed E-state index contributed by atoms with van der Waals surface area (Å²) in [6, 6.07) is 6.60. The van der Waals surface area contributed by atoms with Gasteiger partial charge in [0.15, 0.2) is 0 Å². The molecule has 0 fully saturated rings. The van der Waals surface area contributed by atoms with Gasteiger partial charge in [0, 0.05) is 18.3 Å². The lowest BCUT2D eigenvalue weighted by Gasteiger charge is -2.09. The number of amides is 1. The van der Waals surface area contributed by atoms with E-state index in [0.29, 0.717) is 29.1 Å². The zero-order chi connectivity index (χ0) is 15.4. The molecule has 0 atom stereocenters. The highest BCUT2D eigenvalue weighted by Crippen LogP contribution is 2.14. The number of nitrogens with zero attached hydrogens (tertiary/aromatic N) is 1. The van der Waals surface area contributed by atoms with E-state index in [1.54, 1.807) is 38.1 Å². The molecule has 0 aliphatic carbocycles. The number of rotatable bonds is 4. The Morgan fingerprint density at radius 2 is 1.95 bits per heavy atom. The molecule has 0 unspecified atom stereocenters. The van der Waals surface area contributed by atoms with Gasteiger partial charge in [-0.05, 0) is 42.7 Å². The van der Waals surface area contributed by atoms with Gasteiger partial charge in [-0.15, -0.1) is 0 Å². The Morgan fingerprint density at radius 3 is 2.57 bits per heavy atom. The van der Waals surface area contributed by atoms with E-state index in [1.807, 2.05) is 0 Å². The minimum Gasteiger partial charge on any atom is -0.348 e. The Balaban J connectivity index is 2.07. The molecule has 0 saturated carbocycles. The summed E-state index contributed by atoms with van der Waals surface area (Å²) in [7, 11) is 0. The fraction of sp³-hybridized carbons (Fsp3) is 0.200. The van der Waals surface area contributed by atoms with Crippen LogP contribution in [-0.2, 0) is 6.54 Å². The molecule has 1 heterocycles. The van der Waals surface area contributed by atoms with Crippen LogP contribution >= 0.6 is 0 Å². The van der Waals surface area contributed by atoms with Crippen molar-refractivity contribution in [3.8, 4) is 0 Å². The minimum atomic E-state index is -0.242. The van der Waals surface area contributed by atoms with Gasteiger partial charge in [-0.25, -0.2) is 15.2 Å². The maximum Gasteiger partial charge on any atom is 0.251 e. The van der Waals surface area contributed by atoms with Gasteiger partial charge in [0.1, 0.15) is 11.6 Å². The monoisotopic (exact) mass is 288 g/mol. The van der Waals surface area contributed by atoms with E-state index in [1.165, 1.54) is 6.20 Å². The summed E-state index contributed by atoms with van der Waals surface area (Å²) in [5.74, 6) is 5.21. The minimum absolute atomic E-state index is 0.210. The van der Waals surface area contributed by atoms with Gasteiger partial charge >= 0.3 is 0 Å². The molecule has 6 heteroatoms. The normalized spacial score (nSPS) is 10.3. The fourth-order valence-corrected chi connectivity index (χ4v) is 2.07. The summed E-state index contributed by atoms with van der Waals surface area (Å²) in [5, 5.41) is 2.78. The molecule has 1 amide bonds. The SMILES string of the molecule is Cc1cc(CNC(=O)c2ccnc(NN)c2)cc(C)c1F. The van der Waals surface area contributed by atoms with Crippen molar-refractivity contribution in [2.75, 3.05) is 5.43 Å². The number of hydrogen-bond acceptors (Lipinski definition) is 4. The lowest BCUT2D eigenvalue weighted by atomic mass is 10.1. The average molecular weight is 288 g/mol. The van der Waals surface area contributed by atoms with Crippen LogP contribution in [0, 0.1) is 19.7 Å². The number of nitrogens with two attached hydrogens (primary N) is 1. The van der Waals surface area contributed by atoms with Crippen LogP contribution in [0.5, 0.6) is 0 Å². The summed E-state index contributed by atoms with van der Waals surface area (Å²) in [6.07, 6.45) is 1.50. The second kappa shape index (κ2) is 6.32. The number of carbonyl (C=O) groups is 1. The van der Waals surface area contributed by atoms with Crippen molar-refractivity contribution in [3.63, 3.8) is 0 Å². The standard InChI is InChI=1S/C15H17FN4O/c1-9-5-11(6-10(2)14(9)16)8-19-15(21)12-3-4-18-13(7-12)20-17/h3-7H,8,17H2,1-2H3,(H,18,20)(H,19,21). The molecule has 4 N–H and O–H groups in total. The van der Waals surface area contributed by atoms with E-state index >= 15 is 0 Å². The highest BCUT2D eigenvalue weighted by molar-refractivity contribution is 5.94. The number of nitrogens with one attached hydrogen (secondary N) is 2. The van der Waals surface area contributed by atoms with Crippen LogP contribution in [0.1, 0.15) is 27.0 Å². The first-order valence-corrected chi connectivity index (χ1v) is 6.47. The summed E-state index contributed by atoms with van der Waals surface area (Å²) >= 11 is 0. The van der Waals surface area contributed by atoms with Crippen LogP contribution in [0.3, 0.4) is 0 Å². The van der Waals surface area contributed by atoms with Gasteiger partial charge in [0.05, 0.1) is 0 Å². The zero-order valence-corrected chi connectivity index (χ0v) is 11.9. The molecule has 0 spiro atoms. The number of aryl methyl sites for hydroxylation is 2. The molecule has 0 saturated heterocycles. The third-order valence-corrected chi connectivity index (χ3v) is 3.12. The number of carbonyl (C=O) groups excluding carboxylic acids is 1. The predicted octanol–water partition coefficient (Wildman–Crippen LogP) is 2.05. The third-order valence-electron chi connectivity index (χ3n) is 3.12. The van der Waals surface area contributed by atoms with Crippen molar-refractivity contribution in [2.45, 2.75) is 20.4 Å². The molecular formula is C15H17FN4O. The molecule has 2 aromatic rings. The van der Waals surface area contributed by atoms with Gasteiger partial charge in [-0.1, -0.05) is 12.1 Å². The van der Waals surface area contributed by atoms with Gasteiger partial charge in [0.2, 0.25) is 0 Å². The van der Waals surface area contributed by atoms with E-state index in [0.717, 1.165) is 5.56 Å². The van der Waals surface area contributed by atoms with E-state index in [-0.39, 0.29) is 11.7 Å². The molecule has 0 bridgehead atoms. The highest BCUT2D eigenvalue weighted by atomic mass is 19.1. The zero-order valence-electron chi connectivity index (χ0n) is 11.9. The first-order chi connectivity index (χ1) is 10.0. The lowest BCUT2D eigenvalue weighted by Crippen LogP contribution is -2.23. The summed E-state index contributed by atoms with van der Waals surface area (Å²) in [6.45, 7) is 3.74. The highest BCUT2D eigenvalue weighted by Gasteiger charge is 2.08. The molecule has 1 aromatic heterocycles. The first kappa shape index (κ1) is 14.9. The largest absolute Gasteiger partial charge is 0.348 e. The van der Waals surface area contributed by atoms with E-state index < -0.39 is 0 Å². The number of hydrazine groups is 1. The Morgan fingerprint density at radius 1 is 1.29 bits per heavy atom. The van der Waals surface area contributed by atoms with E-state index in [4.69, 9.17) is 5.84 Å². The van der Waals surface area contributed by atoms with Gasteiger partial charge in [-0.3, -0.25) is 4.79 Å². The fourth-order valence-electron chi connectivity index (χ4n) is 2.07. The molecule has 0 aliphatic heterocycles. The Hall–Kier alpha value is -2.47. The number of hydrogen-bond donors (Lipinski definition) is 3. The third kappa shape index (κ3) is 3.55. The van der Waals surface area contributed by atoms with Crippen LogP contribution in [-0.4, -0.2) is 10.9 Å². The second-order valence-corrected chi connectivity index (χ2v) is 4.80. The van der Waals surface area contributed by atoms with Crippen molar-refractivity contribution < 1.29 is 9.18 Å². The maximum absolute atomic E-state index is 13.5. The number of aromatic nitrogens is 1. The van der Waals surface area contributed by atoms with Gasteiger partial charge < -0.3 is 10.7 Å². The van der Waals surface area contributed by atoms with Gasteiger partial charge in [0.25, 0.3) is 5.91 Å². The molecule has 0 aliphatic rings. The van der Waals surface area contributed by atoms with Crippen molar-refractivity contribution >= 4 is 11.7 Å². The van der Waals surface area contributed by atoms with Crippen molar-refractivity contribution in [1.29, 1.82) is 0 Å². The number of nitrogen functional groups attached to an aromatic ring is 1. The van der Waals surface area contributed by atoms with Crippen LogP contribution in [0.15, 0.2) is 30.5 Å². The number of anilines is 1. The molecule has 110 valence electrons. The van der Waals surface area contributed by atoms with E-state index in [9.17, 15) is 9.18 Å². The number of benzene rings is 1. The van der Waals surface area contributed by atoms with Crippen LogP contribution in [0.2, 0.25) is 0 Å². The first-order valence-electron chi connectivity index (χ1n) is 6.47. The summed E-state index contributed by atoms with van der Waals surface area (Å²) < 4.78 is 13.5. The van der Waals surface area contributed by atoms with Gasteiger partial charge in [-0.2, -0.15) is 0 Å². The van der Waals surface area contributed by atoms with Crippen molar-refractivity contribution in [2.24, 2.45) is 5.84 Å². The maximum atomic E-state index is 13.5. The molecule has 5 nitrogen and oxygen atoms in total. The number of halogens is 1. The summed E-state index contributed by atoms with van der Waals surface area (Å²) in [4.78, 5) is 16.0. The quantitative estimate of drug-likeness (QED) is 0.594. The Bertz CT molecular complexity index is 649. The molecule has 2 rings (SSSR count). The van der Waals surface area contributed by atoms with Crippen molar-refractivity contribution in [3.05, 3.63) is 58.5 Å². The Labute approximate surface area is 122 Å². The molecule has 0 radical (unpaired) electrons. The smallest absolute Gasteiger partial charge is 0.251 e. The van der Waals surface area contributed by atoms with Crippen LogP contribution < -0.4 is 16.6 Å². The van der Waals surface area contributed by atoms with Crippen molar-refractivity contribution in [1.82, 2.24) is 10.3 Å². The van der Waals surface area contributed by atoms with E-state index in [2.05, 4.69) is 15.7 Å². The lowest BCUT2D eigenvalue weighted by molar-refractivity contribution is 0.0951. The molecule has 21 heavy (non-hydrogen) atoms.